The fourth-order valence-corrected chi connectivity index (χ4v) is 3.47. The number of hydrogen-bond acceptors (Lipinski definition) is 4. The highest BCUT2D eigenvalue weighted by atomic mass is 32.2. The summed E-state index contributed by atoms with van der Waals surface area (Å²) in [5.74, 6) is -1.79. The highest BCUT2D eigenvalue weighted by molar-refractivity contribution is 7.90. The van der Waals surface area contributed by atoms with Crippen LogP contribution < -0.4 is 9.46 Å². The number of rotatable bonds is 5. The first kappa shape index (κ1) is 19.8. The number of hydrogen-bond donors (Lipinski definition) is 1. The van der Waals surface area contributed by atoms with Crippen LogP contribution in [-0.4, -0.2) is 21.4 Å². The minimum Gasteiger partial charge on any atom is -0.598 e. The topological polar surface area (TPSA) is 93.1 Å². The lowest BCUT2D eigenvalue weighted by Gasteiger charge is -2.28. The van der Waals surface area contributed by atoms with Crippen LogP contribution in [0.25, 0.3) is 10.4 Å². The first-order valence-electron chi connectivity index (χ1n) is 7.87. The van der Waals surface area contributed by atoms with Gasteiger partial charge in [-0.25, -0.2) is 8.78 Å². The number of fused-ring (bicyclic) bond motifs is 1. The van der Waals surface area contributed by atoms with E-state index in [0.29, 0.717) is 12.0 Å². The third-order valence-corrected chi connectivity index (χ3v) is 5.62. The van der Waals surface area contributed by atoms with Crippen LogP contribution in [0, 0.1) is 11.6 Å². The van der Waals surface area contributed by atoms with Gasteiger partial charge in [-0.3, -0.25) is 0 Å². The minimum absolute atomic E-state index is 0.00253. The summed E-state index contributed by atoms with van der Waals surface area (Å²) in [6.07, 6.45) is 0.292. The van der Waals surface area contributed by atoms with Gasteiger partial charge >= 0.3 is 0 Å². The zero-order valence-corrected chi connectivity index (χ0v) is 15.7. The second-order valence-electron chi connectivity index (χ2n) is 7.41. The van der Waals surface area contributed by atoms with Crippen LogP contribution in [-0.2, 0) is 17.8 Å². The van der Waals surface area contributed by atoms with E-state index in [1.54, 1.807) is 34.6 Å². The predicted octanol–water partition coefficient (Wildman–Crippen LogP) is 4.08. The molecule has 0 saturated heterocycles. The van der Waals surface area contributed by atoms with Crippen LogP contribution in [0.1, 0.15) is 51.8 Å². The molecular formula is C16H22F2N4O2S. The predicted molar refractivity (Wildman–Crippen MR) is 92.6 cm³/mol. The Labute approximate surface area is 148 Å². The van der Waals surface area contributed by atoms with E-state index in [-0.39, 0.29) is 17.9 Å². The number of nitrogens with one attached hydrogen (secondary N) is 1. The summed E-state index contributed by atoms with van der Waals surface area (Å²) < 4.78 is 48.9. The van der Waals surface area contributed by atoms with E-state index in [1.807, 2.05) is 0 Å². The number of benzene rings is 1. The standard InChI is InChI=1S/C16H22F2N4O2S/c1-9(21-25(23)15(2,3)4)12-13(18)11(17)6-10-7-16(5,8-20-22-19)24-14(10)12/h6,9,21H,7-8H2,1-5H3/t9-,16-,25?/m1/s1. The van der Waals surface area contributed by atoms with Gasteiger partial charge in [-0.15, -0.1) is 4.72 Å². The molecule has 0 amide bonds. The normalized spacial score (nSPS) is 21.9. The van der Waals surface area contributed by atoms with E-state index in [4.69, 9.17) is 10.3 Å². The molecule has 6 nitrogen and oxygen atoms in total. The van der Waals surface area contributed by atoms with Crippen molar-refractivity contribution in [3.05, 3.63) is 39.3 Å². The molecule has 1 aliphatic rings. The maximum atomic E-state index is 14.5. The third-order valence-electron chi connectivity index (χ3n) is 3.94. The van der Waals surface area contributed by atoms with Gasteiger partial charge in [-0.1, -0.05) is 5.11 Å². The zero-order chi connectivity index (χ0) is 19.0. The van der Waals surface area contributed by atoms with Crippen molar-refractivity contribution in [2.45, 2.75) is 57.4 Å². The van der Waals surface area contributed by atoms with E-state index >= 15 is 0 Å². The first-order chi connectivity index (χ1) is 11.5. The molecular weight excluding hydrogens is 350 g/mol. The SMILES string of the molecule is C[C@@H](N[S+]([O-])C(C)(C)C)c1c(F)c(F)cc2c1O[C@@](C)(CN=[N+]=[N-])C2. The maximum Gasteiger partial charge on any atom is 0.167 e. The first-order valence-corrected chi connectivity index (χ1v) is 9.02. The summed E-state index contributed by atoms with van der Waals surface area (Å²) in [4.78, 5) is 2.71. The Morgan fingerprint density at radius 2 is 2.16 bits per heavy atom. The smallest absolute Gasteiger partial charge is 0.167 e. The molecule has 25 heavy (non-hydrogen) atoms. The number of azide groups is 1. The molecule has 1 aromatic carbocycles. The quantitative estimate of drug-likeness (QED) is 0.365. The van der Waals surface area contributed by atoms with Gasteiger partial charge in [0.2, 0.25) is 0 Å². The molecule has 0 aliphatic carbocycles. The van der Waals surface area contributed by atoms with Crippen LogP contribution >= 0.6 is 0 Å². The number of nitrogens with zero attached hydrogens (tertiary/aromatic N) is 3. The van der Waals surface area contributed by atoms with Gasteiger partial charge in [-0.2, -0.15) is 0 Å². The highest BCUT2D eigenvalue weighted by Gasteiger charge is 2.40. The van der Waals surface area contributed by atoms with E-state index in [1.165, 1.54) is 0 Å². The van der Waals surface area contributed by atoms with Crippen molar-refractivity contribution < 1.29 is 18.1 Å². The van der Waals surface area contributed by atoms with Gasteiger partial charge < -0.3 is 9.29 Å². The molecule has 0 radical (unpaired) electrons. The lowest BCUT2D eigenvalue weighted by Crippen LogP contribution is -2.41. The Morgan fingerprint density at radius 1 is 1.52 bits per heavy atom. The molecule has 1 heterocycles. The summed E-state index contributed by atoms with van der Waals surface area (Å²) in [7, 11) is 0. The average molecular weight is 372 g/mol. The van der Waals surface area contributed by atoms with E-state index in [2.05, 4.69) is 14.7 Å². The number of ether oxygens (including phenoxy) is 1. The van der Waals surface area contributed by atoms with Crippen LogP contribution in [0.4, 0.5) is 8.78 Å². The van der Waals surface area contributed by atoms with Gasteiger partial charge in [0.1, 0.15) is 16.1 Å². The molecule has 0 spiro atoms. The molecule has 1 aromatic rings. The van der Waals surface area contributed by atoms with E-state index < -0.39 is 39.4 Å². The highest BCUT2D eigenvalue weighted by Crippen LogP contribution is 2.43. The van der Waals surface area contributed by atoms with Gasteiger partial charge in [0.25, 0.3) is 0 Å². The van der Waals surface area contributed by atoms with Crippen molar-refractivity contribution in [3.63, 3.8) is 0 Å². The Hall–Kier alpha value is -1.54. The van der Waals surface area contributed by atoms with Crippen LogP contribution in [0.5, 0.6) is 5.75 Å². The van der Waals surface area contributed by atoms with Gasteiger partial charge in [0.05, 0.1) is 18.2 Å². The number of halogens is 2. The molecule has 2 rings (SSSR count). The van der Waals surface area contributed by atoms with Gasteiger partial charge in [-0.05, 0) is 46.2 Å². The Morgan fingerprint density at radius 3 is 2.72 bits per heavy atom. The molecule has 1 unspecified atom stereocenters. The average Bonchev–Trinajstić information content (AvgIpc) is 2.81. The summed E-state index contributed by atoms with van der Waals surface area (Å²) in [5, 5.41) is 3.51. The van der Waals surface area contributed by atoms with Crippen LogP contribution in [0.3, 0.4) is 0 Å². The van der Waals surface area contributed by atoms with Crippen molar-refractivity contribution in [1.82, 2.24) is 4.72 Å². The lowest BCUT2D eigenvalue weighted by atomic mass is 9.97. The molecule has 138 valence electrons. The van der Waals surface area contributed by atoms with Crippen molar-refractivity contribution in [2.24, 2.45) is 5.11 Å². The molecule has 0 fully saturated rings. The molecule has 9 heteroatoms. The van der Waals surface area contributed by atoms with Crippen molar-refractivity contribution in [3.8, 4) is 5.75 Å². The fraction of sp³-hybridized carbons (Fsp3) is 0.625. The van der Waals surface area contributed by atoms with E-state index in [9.17, 15) is 13.3 Å². The molecule has 1 aliphatic heterocycles. The minimum atomic E-state index is -1.46. The maximum absolute atomic E-state index is 14.5. The van der Waals surface area contributed by atoms with Crippen molar-refractivity contribution in [1.29, 1.82) is 0 Å². The van der Waals surface area contributed by atoms with Crippen LogP contribution in [0.15, 0.2) is 11.2 Å². The Bertz CT molecular complexity index is 719. The van der Waals surface area contributed by atoms with E-state index in [0.717, 1.165) is 6.07 Å². The fourth-order valence-electron chi connectivity index (χ4n) is 2.67. The Kier molecular flexibility index (Phi) is 5.53. The van der Waals surface area contributed by atoms with Gasteiger partial charge in [0, 0.05) is 28.3 Å². The summed E-state index contributed by atoms with van der Waals surface area (Å²) in [6, 6.07) is 0.370. The molecule has 3 atom stereocenters. The molecule has 0 bridgehead atoms. The molecule has 0 saturated carbocycles. The summed E-state index contributed by atoms with van der Waals surface area (Å²) >= 11 is -1.46. The lowest BCUT2D eigenvalue weighted by molar-refractivity contribution is 0.123. The Balaban J connectivity index is 2.39. The largest absolute Gasteiger partial charge is 0.598 e. The zero-order valence-electron chi connectivity index (χ0n) is 14.9. The molecule has 1 N–H and O–H groups in total. The van der Waals surface area contributed by atoms with Crippen LogP contribution in [0.2, 0.25) is 0 Å². The second-order valence-corrected chi connectivity index (χ2v) is 9.41. The van der Waals surface area contributed by atoms with Gasteiger partial charge in [0.15, 0.2) is 11.6 Å². The van der Waals surface area contributed by atoms with Crippen molar-refractivity contribution in [2.75, 3.05) is 6.54 Å². The van der Waals surface area contributed by atoms with Crippen molar-refractivity contribution >= 4 is 11.4 Å². The summed E-state index contributed by atoms with van der Waals surface area (Å²) in [5.41, 5.74) is 8.13. The third kappa shape index (κ3) is 4.17. The second kappa shape index (κ2) is 6.99. The molecule has 0 aromatic heterocycles. The monoisotopic (exact) mass is 372 g/mol. The summed E-state index contributed by atoms with van der Waals surface area (Å²) in [6.45, 7) is 8.70.